The Morgan fingerprint density at radius 3 is 2.32 bits per heavy atom. The molecule has 0 radical (unpaired) electrons. The van der Waals surface area contributed by atoms with Gasteiger partial charge in [-0.05, 0) is 26.8 Å². The maximum Gasteiger partial charge on any atom is 0.313 e. The van der Waals surface area contributed by atoms with Crippen LogP contribution in [0.25, 0.3) is 0 Å². The van der Waals surface area contributed by atoms with Crippen LogP contribution in [-0.4, -0.2) is 24.0 Å². The van der Waals surface area contributed by atoms with E-state index in [2.05, 4.69) is 20.7 Å². The minimum absolute atomic E-state index is 0.186. The number of sulfonamides is 1. The number of nitrogens with one attached hydrogen (secondary N) is 1. The lowest BCUT2D eigenvalue weighted by Gasteiger charge is -2.20. The average molecular weight is 353 g/mol. The van der Waals surface area contributed by atoms with E-state index >= 15 is 0 Å². The van der Waals surface area contributed by atoms with Crippen molar-refractivity contribution in [3.8, 4) is 5.75 Å². The maximum absolute atomic E-state index is 12.1. The van der Waals surface area contributed by atoms with Crippen LogP contribution in [0.15, 0.2) is 21.5 Å². The number of phenolic OH excluding ortho intramolecular Hbond substituents is 1. The van der Waals surface area contributed by atoms with Crippen LogP contribution in [0.4, 0.5) is 5.69 Å². The van der Waals surface area contributed by atoms with Crippen LogP contribution in [0.2, 0.25) is 0 Å². The van der Waals surface area contributed by atoms with Crippen LogP contribution in [0, 0.1) is 10.1 Å². The first-order chi connectivity index (χ1) is 8.44. The third-order valence-electron chi connectivity index (χ3n) is 1.95. The molecule has 106 valence electrons. The van der Waals surface area contributed by atoms with Crippen molar-refractivity contribution in [3.63, 3.8) is 0 Å². The third-order valence-corrected chi connectivity index (χ3v) is 4.18. The van der Waals surface area contributed by atoms with E-state index < -0.39 is 36.8 Å². The lowest BCUT2D eigenvalue weighted by atomic mass is 10.1. The number of hydrogen-bond donors (Lipinski definition) is 2. The number of rotatable bonds is 3. The minimum atomic E-state index is -4.06. The Kier molecular flexibility index (Phi) is 4.23. The predicted molar refractivity (Wildman–Crippen MR) is 72.5 cm³/mol. The maximum atomic E-state index is 12.1. The van der Waals surface area contributed by atoms with Crippen molar-refractivity contribution in [2.75, 3.05) is 0 Å². The highest BCUT2D eigenvalue weighted by Crippen LogP contribution is 2.36. The van der Waals surface area contributed by atoms with E-state index in [1.165, 1.54) is 0 Å². The molecule has 1 rings (SSSR count). The van der Waals surface area contributed by atoms with Crippen LogP contribution in [-0.2, 0) is 10.0 Å². The Hall–Kier alpha value is -1.19. The van der Waals surface area contributed by atoms with Gasteiger partial charge in [-0.2, -0.15) is 0 Å². The van der Waals surface area contributed by atoms with Crippen LogP contribution in [0.1, 0.15) is 20.8 Å². The molecule has 1 aromatic rings. The summed E-state index contributed by atoms with van der Waals surface area (Å²) in [6.45, 7) is 4.86. The summed E-state index contributed by atoms with van der Waals surface area (Å²) in [5.74, 6) is -0.884. The largest absolute Gasteiger partial charge is 0.501 e. The topological polar surface area (TPSA) is 110 Å². The Balaban J connectivity index is 3.48. The first kappa shape index (κ1) is 15.9. The second-order valence-corrected chi connectivity index (χ2v) is 7.45. The molecule has 19 heavy (non-hydrogen) atoms. The van der Waals surface area contributed by atoms with E-state index in [0.29, 0.717) is 0 Å². The molecule has 0 atom stereocenters. The van der Waals surface area contributed by atoms with Crippen molar-refractivity contribution < 1.29 is 18.4 Å². The zero-order chi connectivity index (χ0) is 15.0. The minimum Gasteiger partial charge on any atom is -0.501 e. The van der Waals surface area contributed by atoms with E-state index in [0.717, 1.165) is 12.1 Å². The fraction of sp³-hybridized carbons (Fsp3) is 0.400. The Morgan fingerprint density at radius 2 is 1.89 bits per heavy atom. The molecular formula is C10H13BrN2O5S. The second kappa shape index (κ2) is 5.06. The molecule has 9 heteroatoms. The highest BCUT2D eigenvalue weighted by atomic mass is 79.9. The van der Waals surface area contributed by atoms with Gasteiger partial charge in [-0.25, -0.2) is 13.1 Å². The van der Waals surface area contributed by atoms with Crippen LogP contribution in [0.5, 0.6) is 5.75 Å². The van der Waals surface area contributed by atoms with Gasteiger partial charge in [-0.1, -0.05) is 15.9 Å². The number of nitrogens with zero attached hydrogens (tertiary/aromatic N) is 1. The van der Waals surface area contributed by atoms with Crippen molar-refractivity contribution in [3.05, 3.63) is 26.7 Å². The van der Waals surface area contributed by atoms with Gasteiger partial charge in [-0.15, -0.1) is 0 Å². The normalized spacial score (nSPS) is 12.4. The molecule has 0 saturated heterocycles. The quantitative estimate of drug-likeness (QED) is 0.639. The van der Waals surface area contributed by atoms with Crippen molar-refractivity contribution in [1.29, 1.82) is 0 Å². The van der Waals surface area contributed by atoms with E-state index in [9.17, 15) is 23.6 Å². The zero-order valence-corrected chi connectivity index (χ0v) is 12.9. The van der Waals surface area contributed by atoms with Gasteiger partial charge < -0.3 is 5.11 Å². The summed E-state index contributed by atoms with van der Waals surface area (Å²) in [6, 6.07) is 2.14. The molecule has 0 spiro atoms. The number of hydrogen-bond acceptors (Lipinski definition) is 5. The summed E-state index contributed by atoms with van der Waals surface area (Å²) >= 11 is 2.98. The molecule has 0 saturated carbocycles. The molecule has 0 aliphatic heterocycles. The van der Waals surface area contributed by atoms with E-state index in [-0.39, 0.29) is 4.47 Å². The van der Waals surface area contributed by atoms with E-state index in [1.807, 2.05) is 0 Å². The molecule has 0 amide bonds. The summed E-state index contributed by atoms with van der Waals surface area (Å²) in [6.07, 6.45) is 0. The van der Waals surface area contributed by atoms with Gasteiger partial charge in [0.1, 0.15) is 4.90 Å². The summed E-state index contributed by atoms with van der Waals surface area (Å²) in [5.41, 5.74) is -1.45. The number of halogens is 1. The summed E-state index contributed by atoms with van der Waals surface area (Å²) in [4.78, 5) is 9.36. The van der Waals surface area contributed by atoms with Crippen molar-refractivity contribution in [1.82, 2.24) is 4.72 Å². The van der Waals surface area contributed by atoms with Crippen molar-refractivity contribution >= 4 is 31.6 Å². The fourth-order valence-electron chi connectivity index (χ4n) is 1.36. The van der Waals surface area contributed by atoms with Crippen LogP contribution < -0.4 is 4.72 Å². The lowest BCUT2D eigenvalue weighted by Crippen LogP contribution is -2.40. The van der Waals surface area contributed by atoms with Gasteiger partial charge in [0.15, 0.2) is 0 Å². The van der Waals surface area contributed by atoms with Gasteiger partial charge >= 0.3 is 5.69 Å². The van der Waals surface area contributed by atoms with E-state index in [4.69, 9.17) is 0 Å². The van der Waals surface area contributed by atoms with Gasteiger partial charge in [0.2, 0.25) is 15.8 Å². The number of nitro groups is 1. The van der Waals surface area contributed by atoms with Gasteiger partial charge in [-0.3, -0.25) is 10.1 Å². The van der Waals surface area contributed by atoms with Crippen molar-refractivity contribution in [2.24, 2.45) is 0 Å². The lowest BCUT2D eigenvalue weighted by molar-refractivity contribution is -0.386. The summed E-state index contributed by atoms with van der Waals surface area (Å²) in [7, 11) is -4.06. The molecule has 0 heterocycles. The average Bonchev–Trinajstić information content (AvgIpc) is 2.16. The Morgan fingerprint density at radius 1 is 1.37 bits per heavy atom. The molecular weight excluding hydrogens is 340 g/mol. The third kappa shape index (κ3) is 3.88. The molecule has 0 aliphatic carbocycles. The summed E-state index contributed by atoms with van der Waals surface area (Å²) in [5, 5.41) is 20.5. The Bertz CT molecular complexity index is 622. The molecule has 1 aromatic carbocycles. The zero-order valence-electron chi connectivity index (χ0n) is 10.5. The highest BCUT2D eigenvalue weighted by Gasteiger charge is 2.29. The van der Waals surface area contributed by atoms with Crippen LogP contribution in [0.3, 0.4) is 0 Å². The molecule has 0 aliphatic rings. The SMILES string of the molecule is CC(C)(C)NS(=O)(=O)c1cc(Br)cc([N+](=O)[O-])c1O. The first-order valence-corrected chi connectivity index (χ1v) is 7.42. The standard InChI is InChI=1S/C10H13BrN2O5S/c1-10(2,3)12-19(17,18)8-5-6(11)4-7(9(8)14)13(15)16/h4-5,12,14H,1-3H3. The molecule has 0 aromatic heterocycles. The molecule has 2 N–H and O–H groups in total. The fourth-order valence-corrected chi connectivity index (χ4v) is 3.52. The van der Waals surface area contributed by atoms with E-state index in [1.54, 1.807) is 20.8 Å². The molecule has 0 fully saturated rings. The van der Waals surface area contributed by atoms with Gasteiger partial charge in [0.25, 0.3) is 0 Å². The molecule has 7 nitrogen and oxygen atoms in total. The van der Waals surface area contributed by atoms with Crippen molar-refractivity contribution in [2.45, 2.75) is 31.2 Å². The monoisotopic (exact) mass is 352 g/mol. The van der Waals surface area contributed by atoms with Crippen LogP contribution >= 0.6 is 15.9 Å². The number of phenols is 1. The smallest absolute Gasteiger partial charge is 0.313 e. The molecule has 0 unspecified atom stereocenters. The number of nitro benzene ring substituents is 1. The molecule has 0 bridgehead atoms. The summed E-state index contributed by atoms with van der Waals surface area (Å²) < 4.78 is 26.7. The first-order valence-electron chi connectivity index (χ1n) is 5.15. The second-order valence-electron chi connectivity index (χ2n) is 4.88. The van der Waals surface area contributed by atoms with Gasteiger partial charge in [0.05, 0.1) is 4.92 Å². The highest BCUT2D eigenvalue weighted by molar-refractivity contribution is 9.10. The number of aromatic hydroxyl groups is 1. The predicted octanol–water partition coefficient (Wildman–Crippen LogP) is 2.14. The van der Waals surface area contributed by atoms with Gasteiger partial charge in [0, 0.05) is 16.1 Å². The number of benzene rings is 1. The Labute approximate surface area is 119 Å².